The Morgan fingerprint density at radius 2 is 1.76 bits per heavy atom. The van der Waals surface area contributed by atoms with E-state index in [1.54, 1.807) is 0 Å². The number of hydrogen-bond acceptors (Lipinski definition) is 3. The number of nitrogens with one attached hydrogen (secondary N) is 2. The van der Waals surface area contributed by atoms with Crippen LogP contribution in [0.4, 0.5) is 13.2 Å². The van der Waals surface area contributed by atoms with Gasteiger partial charge in [-0.2, -0.15) is 17.5 Å². The van der Waals surface area contributed by atoms with E-state index in [2.05, 4.69) is 10.6 Å². The Morgan fingerprint density at radius 3 is 2.21 bits per heavy atom. The molecule has 0 radical (unpaired) electrons. The summed E-state index contributed by atoms with van der Waals surface area (Å²) in [4.78, 5) is 4.78. The summed E-state index contributed by atoms with van der Waals surface area (Å²) < 4.78 is 61.5. The first-order valence-corrected chi connectivity index (χ1v) is 11.7. The molecule has 170 valence electrons. The van der Waals surface area contributed by atoms with E-state index < -0.39 is 15.5 Å². The number of rotatable bonds is 7. The highest BCUT2D eigenvalue weighted by Gasteiger charge is 2.50. The minimum atomic E-state index is -5.22. The lowest BCUT2D eigenvalue weighted by Crippen LogP contribution is -2.47. The molecule has 0 unspecified atom stereocenters. The van der Waals surface area contributed by atoms with Crippen LogP contribution < -0.4 is 10.6 Å². The summed E-state index contributed by atoms with van der Waals surface area (Å²) in [6.45, 7) is 3.97. The van der Waals surface area contributed by atoms with Crippen molar-refractivity contribution in [3.05, 3.63) is 0 Å². The molecule has 1 heterocycles. The first-order valence-electron chi connectivity index (χ1n) is 10.3. The largest absolute Gasteiger partial charge is 0.511 e. The van der Waals surface area contributed by atoms with E-state index in [1.807, 2.05) is 6.92 Å². The molecule has 2 saturated carbocycles. The van der Waals surface area contributed by atoms with Gasteiger partial charge in [0.05, 0.1) is 0 Å². The van der Waals surface area contributed by atoms with Crippen LogP contribution in [0.15, 0.2) is 4.99 Å². The van der Waals surface area contributed by atoms with Crippen molar-refractivity contribution in [3.63, 3.8) is 0 Å². The molecular weight excluding hydrogens is 520 g/mol. The summed E-state index contributed by atoms with van der Waals surface area (Å²) in [5, 5.41) is 6.54. The Balaban J connectivity index is 0.00000300. The molecule has 0 atom stereocenters. The zero-order chi connectivity index (χ0) is 20.4. The van der Waals surface area contributed by atoms with Crippen LogP contribution >= 0.6 is 24.0 Å². The summed E-state index contributed by atoms with van der Waals surface area (Å²) in [5.41, 5.74) is -4.83. The Morgan fingerprint density at radius 1 is 1.14 bits per heavy atom. The van der Waals surface area contributed by atoms with Crippen molar-refractivity contribution in [1.29, 1.82) is 0 Å². The number of sulfonamides is 1. The topological polar surface area (TPSA) is 73.8 Å². The van der Waals surface area contributed by atoms with Crippen LogP contribution in [0.2, 0.25) is 0 Å². The van der Waals surface area contributed by atoms with E-state index in [0.29, 0.717) is 29.1 Å². The Labute approximate surface area is 188 Å². The molecule has 29 heavy (non-hydrogen) atoms. The maximum atomic E-state index is 12.7. The van der Waals surface area contributed by atoms with Gasteiger partial charge >= 0.3 is 15.5 Å². The molecule has 2 N–H and O–H groups in total. The Bertz CT molecular complexity index is 671. The fourth-order valence-electron chi connectivity index (χ4n) is 4.34. The highest BCUT2D eigenvalue weighted by molar-refractivity contribution is 14.0. The smallest absolute Gasteiger partial charge is 0.357 e. The van der Waals surface area contributed by atoms with Gasteiger partial charge in [-0.1, -0.05) is 6.42 Å². The van der Waals surface area contributed by atoms with Crippen LogP contribution in [-0.2, 0) is 10.0 Å². The maximum absolute atomic E-state index is 12.7. The molecule has 0 aromatic carbocycles. The predicted molar refractivity (Wildman–Crippen MR) is 118 cm³/mol. The fraction of sp³-hybridized carbons (Fsp3) is 0.944. The van der Waals surface area contributed by atoms with Crippen LogP contribution in [0.25, 0.3) is 0 Å². The summed E-state index contributed by atoms with van der Waals surface area (Å²) in [6, 6.07) is 0. The number of alkyl halides is 3. The van der Waals surface area contributed by atoms with Gasteiger partial charge in [0.25, 0.3) is 0 Å². The zero-order valence-corrected chi connectivity index (χ0v) is 19.9. The van der Waals surface area contributed by atoms with Gasteiger partial charge in [-0.15, -0.1) is 24.0 Å². The van der Waals surface area contributed by atoms with Gasteiger partial charge in [-0.05, 0) is 62.7 Å². The van der Waals surface area contributed by atoms with Crippen molar-refractivity contribution >= 4 is 40.0 Å². The summed E-state index contributed by atoms with van der Waals surface area (Å²) in [6.07, 6.45) is 7.26. The van der Waals surface area contributed by atoms with E-state index in [1.165, 1.54) is 32.1 Å². The molecule has 11 heteroatoms. The third-order valence-corrected chi connectivity index (χ3v) is 8.08. The highest BCUT2D eigenvalue weighted by Crippen LogP contribution is 2.57. The van der Waals surface area contributed by atoms with Crippen molar-refractivity contribution < 1.29 is 21.6 Å². The molecular formula is C18H32F3IN4O2S. The average molecular weight is 552 g/mol. The molecule has 3 fully saturated rings. The molecule has 0 aromatic rings. The monoisotopic (exact) mass is 552 g/mol. The van der Waals surface area contributed by atoms with Crippen LogP contribution in [0.1, 0.15) is 51.9 Å². The molecule has 3 rings (SSSR count). The molecule has 1 saturated heterocycles. The first-order chi connectivity index (χ1) is 13.2. The second-order valence-electron chi connectivity index (χ2n) is 8.36. The van der Waals surface area contributed by atoms with Gasteiger partial charge in [-0.25, -0.2) is 8.42 Å². The second-order valence-corrected chi connectivity index (χ2v) is 10.3. The molecule has 1 aliphatic heterocycles. The number of hydrogen-bond donors (Lipinski definition) is 2. The van der Waals surface area contributed by atoms with E-state index in [0.717, 1.165) is 25.0 Å². The molecule has 2 aliphatic carbocycles. The van der Waals surface area contributed by atoms with E-state index >= 15 is 0 Å². The molecule has 0 bridgehead atoms. The summed E-state index contributed by atoms with van der Waals surface area (Å²) >= 11 is 0. The number of piperidine rings is 1. The van der Waals surface area contributed by atoms with Crippen molar-refractivity contribution in [1.82, 2.24) is 14.9 Å². The van der Waals surface area contributed by atoms with Crippen LogP contribution in [0.5, 0.6) is 0 Å². The zero-order valence-electron chi connectivity index (χ0n) is 16.8. The third-order valence-electron chi connectivity index (χ3n) is 6.45. The van der Waals surface area contributed by atoms with Crippen molar-refractivity contribution in [2.75, 3.05) is 32.7 Å². The summed E-state index contributed by atoms with van der Waals surface area (Å²) in [7, 11) is -5.21. The van der Waals surface area contributed by atoms with Crippen molar-refractivity contribution in [2.45, 2.75) is 57.4 Å². The van der Waals surface area contributed by atoms with Crippen LogP contribution in [0, 0.1) is 17.3 Å². The van der Waals surface area contributed by atoms with Gasteiger partial charge in [0.2, 0.25) is 0 Å². The van der Waals surface area contributed by atoms with Gasteiger partial charge < -0.3 is 10.6 Å². The molecule has 0 amide bonds. The van der Waals surface area contributed by atoms with Crippen LogP contribution in [0.3, 0.4) is 0 Å². The standard InChI is InChI=1S/C18H31F3N4O2S.HI/c1-2-22-16(24-13-17(8-3-9-17)15-4-5-15)23-12-14-6-10-25(11-7-14)28(26,27)18(19,20)21;/h14-15H,2-13H2,1H3,(H2,22,23,24);1H. The Hall–Kier alpha value is -0.300. The molecule has 3 aliphatic rings. The summed E-state index contributed by atoms with van der Waals surface area (Å²) in [5.74, 6) is 1.71. The quantitative estimate of drug-likeness (QED) is 0.289. The number of aliphatic imine (C=N–C) groups is 1. The minimum Gasteiger partial charge on any atom is -0.357 e. The minimum absolute atomic E-state index is 0. The lowest BCUT2D eigenvalue weighted by molar-refractivity contribution is -0.0496. The average Bonchev–Trinajstić information content (AvgIpc) is 3.43. The van der Waals surface area contributed by atoms with E-state index in [9.17, 15) is 21.6 Å². The molecule has 6 nitrogen and oxygen atoms in total. The van der Waals surface area contributed by atoms with Crippen LogP contribution in [-0.4, -0.2) is 56.9 Å². The lowest BCUT2D eigenvalue weighted by Gasteiger charge is -2.41. The van der Waals surface area contributed by atoms with Gasteiger partial charge in [0.1, 0.15) is 0 Å². The number of guanidine groups is 1. The third kappa shape index (κ3) is 5.90. The second kappa shape index (κ2) is 9.88. The van der Waals surface area contributed by atoms with Gasteiger partial charge in [0.15, 0.2) is 5.96 Å². The number of nitrogens with zero attached hydrogens (tertiary/aromatic N) is 2. The lowest BCUT2D eigenvalue weighted by atomic mass is 9.65. The van der Waals surface area contributed by atoms with Gasteiger partial charge in [-0.3, -0.25) is 4.99 Å². The van der Waals surface area contributed by atoms with E-state index in [4.69, 9.17) is 4.99 Å². The SMILES string of the molecule is CCNC(=NCC1(C2CC2)CCC1)NCC1CCN(S(=O)(=O)C(F)(F)F)CC1.I. The molecule has 0 spiro atoms. The fourth-order valence-corrected chi connectivity index (χ4v) is 5.33. The predicted octanol–water partition coefficient (Wildman–Crippen LogP) is 3.30. The Kier molecular flexibility index (Phi) is 8.51. The molecule has 0 aromatic heterocycles. The maximum Gasteiger partial charge on any atom is 0.511 e. The van der Waals surface area contributed by atoms with Gasteiger partial charge in [0, 0.05) is 32.7 Å². The van der Waals surface area contributed by atoms with Crippen molar-refractivity contribution in [2.24, 2.45) is 22.2 Å². The van der Waals surface area contributed by atoms with Crippen molar-refractivity contribution in [3.8, 4) is 0 Å². The van der Waals surface area contributed by atoms with E-state index in [-0.39, 0.29) is 43.0 Å². The first kappa shape index (κ1) is 25.0. The number of halogens is 4. The highest BCUT2D eigenvalue weighted by atomic mass is 127. The normalized spacial score (nSPS) is 23.8.